The van der Waals surface area contributed by atoms with Crippen LogP contribution in [0.1, 0.15) is 18.4 Å². The molecule has 24 heavy (non-hydrogen) atoms. The molecule has 0 aromatic heterocycles. The number of nitrogens with one attached hydrogen (secondary N) is 3. The van der Waals surface area contributed by atoms with Gasteiger partial charge in [0.1, 0.15) is 5.82 Å². The van der Waals surface area contributed by atoms with Crippen molar-refractivity contribution in [2.45, 2.75) is 12.8 Å². The van der Waals surface area contributed by atoms with Crippen LogP contribution >= 0.6 is 0 Å². The molecule has 0 radical (unpaired) electrons. The first kappa shape index (κ1) is 17.9. The summed E-state index contributed by atoms with van der Waals surface area (Å²) in [6, 6.07) is 6.08. The Balaban J connectivity index is 2.51. The average molecular weight is 329 g/mol. The molecule has 0 unspecified atom stereocenters. The van der Waals surface area contributed by atoms with Crippen molar-refractivity contribution in [2.75, 3.05) is 13.1 Å². The summed E-state index contributed by atoms with van der Waals surface area (Å²) in [6.45, 7) is 5.94. The molecule has 1 fully saturated rings. The van der Waals surface area contributed by atoms with Gasteiger partial charge in [0.25, 0.3) is 0 Å². The first-order valence-corrected chi connectivity index (χ1v) is 7.91. The Bertz CT molecular complexity index is 654. The van der Waals surface area contributed by atoms with Crippen LogP contribution < -0.4 is 22.3 Å². The van der Waals surface area contributed by atoms with Crippen LogP contribution in [0.4, 0.5) is 4.39 Å². The lowest BCUT2D eigenvalue weighted by atomic mass is 9.86. The summed E-state index contributed by atoms with van der Waals surface area (Å²) in [7, 11) is 0. The second kappa shape index (κ2) is 8.42. The molecule has 0 atom stereocenters. The zero-order valence-electron chi connectivity index (χ0n) is 13.6. The number of rotatable bonds is 6. The van der Waals surface area contributed by atoms with E-state index in [9.17, 15) is 4.39 Å². The molecule has 0 spiro atoms. The van der Waals surface area contributed by atoms with Crippen molar-refractivity contribution in [1.29, 1.82) is 5.41 Å². The summed E-state index contributed by atoms with van der Waals surface area (Å²) < 4.78 is 13.2. The Morgan fingerprint density at radius 2 is 1.92 bits per heavy atom. The fourth-order valence-corrected chi connectivity index (χ4v) is 2.97. The SMILES string of the molecule is C=C(C(/C(N)=C/C=N)=C(\NN)C1CCNCC1)c1ccc(F)cc1. The van der Waals surface area contributed by atoms with Crippen molar-refractivity contribution in [3.63, 3.8) is 0 Å². The molecule has 0 amide bonds. The van der Waals surface area contributed by atoms with Gasteiger partial charge in [-0.3, -0.25) is 5.84 Å². The van der Waals surface area contributed by atoms with Gasteiger partial charge in [-0.1, -0.05) is 18.7 Å². The van der Waals surface area contributed by atoms with Crippen LogP contribution in [-0.4, -0.2) is 19.3 Å². The van der Waals surface area contributed by atoms with Crippen molar-refractivity contribution >= 4 is 11.8 Å². The highest BCUT2D eigenvalue weighted by atomic mass is 19.1. The second-order valence-electron chi connectivity index (χ2n) is 5.73. The number of hydrazine groups is 1. The number of nitrogens with two attached hydrogens (primary N) is 2. The van der Waals surface area contributed by atoms with E-state index in [2.05, 4.69) is 17.3 Å². The molecular weight excluding hydrogens is 305 g/mol. The van der Waals surface area contributed by atoms with Crippen LogP contribution in [0.15, 0.2) is 53.9 Å². The van der Waals surface area contributed by atoms with E-state index in [4.69, 9.17) is 17.0 Å². The van der Waals surface area contributed by atoms with E-state index < -0.39 is 0 Å². The van der Waals surface area contributed by atoms with Gasteiger partial charge < -0.3 is 21.9 Å². The number of hydrogen-bond donors (Lipinski definition) is 5. The minimum absolute atomic E-state index is 0.223. The maximum atomic E-state index is 13.2. The van der Waals surface area contributed by atoms with Crippen LogP contribution in [0.5, 0.6) is 0 Å². The molecule has 1 aromatic carbocycles. The summed E-state index contributed by atoms with van der Waals surface area (Å²) in [5.41, 5.74) is 12.3. The van der Waals surface area contributed by atoms with Gasteiger partial charge in [0.15, 0.2) is 0 Å². The van der Waals surface area contributed by atoms with Crippen LogP contribution in [0.25, 0.3) is 5.57 Å². The number of allylic oxidation sites excluding steroid dienone is 3. The first-order valence-electron chi connectivity index (χ1n) is 7.91. The van der Waals surface area contributed by atoms with E-state index >= 15 is 0 Å². The van der Waals surface area contributed by atoms with Gasteiger partial charge in [0.2, 0.25) is 0 Å². The maximum Gasteiger partial charge on any atom is 0.123 e. The quantitative estimate of drug-likeness (QED) is 0.239. The highest BCUT2D eigenvalue weighted by molar-refractivity contribution is 5.85. The van der Waals surface area contributed by atoms with E-state index in [0.29, 0.717) is 16.8 Å². The van der Waals surface area contributed by atoms with Gasteiger partial charge in [0.05, 0.1) is 0 Å². The Hall–Kier alpha value is -2.44. The van der Waals surface area contributed by atoms with Gasteiger partial charge >= 0.3 is 0 Å². The largest absolute Gasteiger partial charge is 0.398 e. The molecule has 2 rings (SSSR count). The Morgan fingerprint density at radius 3 is 2.46 bits per heavy atom. The summed E-state index contributed by atoms with van der Waals surface area (Å²) in [4.78, 5) is 0. The lowest BCUT2D eigenvalue weighted by molar-refractivity contribution is 0.402. The molecule has 128 valence electrons. The van der Waals surface area contributed by atoms with Crippen LogP contribution in [0.2, 0.25) is 0 Å². The smallest absolute Gasteiger partial charge is 0.123 e. The molecule has 7 N–H and O–H groups in total. The molecule has 1 aromatic rings. The molecule has 5 nitrogen and oxygen atoms in total. The lowest BCUT2D eigenvalue weighted by Crippen LogP contribution is -2.36. The zero-order valence-corrected chi connectivity index (χ0v) is 13.6. The number of hydrogen-bond acceptors (Lipinski definition) is 5. The third kappa shape index (κ3) is 4.10. The van der Waals surface area contributed by atoms with Gasteiger partial charge in [-0.15, -0.1) is 0 Å². The highest BCUT2D eigenvalue weighted by Gasteiger charge is 2.23. The van der Waals surface area contributed by atoms with Gasteiger partial charge in [0, 0.05) is 29.1 Å². The Morgan fingerprint density at radius 1 is 1.29 bits per heavy atom. The van der Waals surface area contributed by atoms with Crippen LogP contribution in [0, 0.1) is 17.1 Å². The number of piperidine rings is 1. The standard InChI is InChI=1S/C18H24FN5/c1-12(13-2-4-15(19)5-3-13)17(16(21)6-9-20)18(24-22)14-7-10-23-11-8-14/h2-6,9,14,20,23-24H,1,7-8,10-11,21-22H2/b16-6-,18-17+,20-9?. The van der Waals surface area contributed by atoms with E-state index in [1.165, 1.54) is 18.2 Å². The van der Waals surface area contributed by atoms with Crippen molar-refractivity contribution in [3.05, 3.63) is 65.3 Å². The minimum atomic E-state index is -0.310. The lowest BCUT2D eigenvalue weighted by Gasteiger charge is -2.28. The van der Waals surface area contributed by atoms with Crippen LogP contribution in [0.3, 0.4) is 0 Å². The molecule has 0 aliphatic carbocycles. The summed E-state index contributed by atoms with van der Waals surface area (Å²) >= 11 is 0. The molecule has 0 bridgehead atoms. The molecular formula is C18H24FN5. The van der Waals surface area contributed by atoms with Gasteiger partial charge in [-0.2, -0.15) is 0 Å². The monoisotopic (exact) mass is 329 g/mol. The summed E-state index contributed by atoms with van der Waals surface area (Å²) in [5.74, 6) is 5.72. The molecule has 1 heterocycles. The molecule has 1 aliphatic rings. The topological polar surface area (TPSA) is 100.0 Å². The second-order valence-corrected chi connectivity index (χ2v) is 5.73. The van der Waals surface area contributed by atoms with Crippen molar-refractivity contribution in [3.8, 4) is 0 Å². The van der Waals surface area contributed by atoms with E-state index in [0.717, 1.165) is 43.4 Å². The fourth-order valence-electron chi connectivity index (χ4n) is 2.97. The Labute approximate surface area is 141 Å². The van der Waals surface area contributed by atoms with Crippen molar-refractivity contribution in [1.82, 2.24) is 10.7 Å². The fraction of sp³-hybridized carbons (Fsp3) is 0.278. The van der Waals surface area contributed by atoms with E-state index in [1.54, 1.807) is 12.1 Å². The summed E-state index contributed by atoms with van der Waals surface area (Å²) in [6.07, 6.45) is 4.49. The van der Waals surface area contributed by atoms with Gasteiger partial charge in [-0.05, 0) is 55.3 Å². The average Bonchev–Trinajstić information content (AvgIpc) is 2.60. The molecule has 6 heteroatoms. The summed E-state index contributed by atoms with van der Waals surface area (Å²) in [5, 5.41) is 10.6. The highest BCUT2D eigenvalue weighted by Crippen LogP contribution is 2.32. The number of halogens is 1. The normalized spacial score (nSPS) is 17.2. The zero-order chi connectivity index (χ0) is 17.5. The third-order valence-electron chi connectivity index (χ3n) is 4.22. The predicted molar refractivity (Wildman–Crippen MR) is 96.4 cm³/mol. The number of benzene rings is 1. The van der Waals surface area contributed by atoms with Gasteiger partial charge in [-0.25, -0.2) is 4.39 Å². The van der Waals surface area contributed by atoms with Crippen molar-refractivity contribution in [2.24, 2.45) is 17.5 Å². The predicted octanol–water partition coefficient (Wildman–Crippen LogP) is 2.05. The van der Waals surface area contributed by atoms with E-state index in [-0.39, 0.29) is 11.7 Å². The van der Waals surface area contributed by atoms with Crippen molar-refractivity contribution < 1.29 is 4.39 Å². The first-order chi connectivity index (χ1) is 11.6. The van der Waals surface area contributed by atoms with Crippen LogP contribution in [-0.2, 0) is 0 Å². The third-order valence-corrected chi connectivity index (χ3v) is 4.22. The molecule has 1 aliphatic heterocycles. The van der Waals surface area contributed by atoms with E-state index in [1.807, 2.05) is 0 Å². The molecule has 1 saturated heterocycles. The Kier molecular flexibility index (Phi) is 6.28. The minimum Gasteiger partial charge on any atom is -0.398 e. The maximum absolute atomic E-state index is 13.2. The molecule has 0 saturated carbocycles.